The van der Waals surface area contributed by atoms with Crippen LogP contribution in [0.5, 0.6) is 17.2 Å². The van der Waals surface area contributed by atoms with Crippen molar-refractivity contribution in [2.45, 2.75) is 12.5 Å². The number of nitrogens with zero attached hydrogens (tertiary/aromatic N) is 4. The van der Waals surface area contributed by atoms with E-state index < -0.39 is 0 Å². The molecule has 4 aromatic rings. The maximum absolute atomic E-state index is 13.7. The molecule has 1 fully saturated rings. The Bertz CT molecular complexity index is 1490. The van der Waals surface area contributed by atoms with Crippen LogP contribution in [0.3, 0.4) is 0 Å². The Labute approximate surface area is 206 Å². The third-order valence-corrected chi connectivity index (χ3v) is 6.43. The van der Waals surface area contributed by atoms with E-state index in [1.807, 2.05) is 18.2 Å². The molecule has 5 rings (SSSR count). The number of amides is 1. The lowest BCUT2D eigenvalue weighted by atomic mass is 10.2. The summed E-state index contributed by atoms with van der Waals surface area (Å²) in [5.41, 5.74) is 1.77. The van der Waals surface area contributed by atoms with Crippen molar-refractivity contribution in [2.24, 2.45) is 0 Å². The summed E-state index contributed by atoms with van der Waals surface area (Å²) < 4.78 is 14.5. The van der Waals surface area contributed by atoms with Gasteiger partial charge >= 0.3 is 5.69 Å². The minimum Gasteiger partial charge on any atom is -0.497 e. The first-order valence-corrected chi connectivity index (χ1v) is 11.5. The highest BCUT2D eigenvalue weighted by Gasteiger charge is 2.30. The monoisotopic (exact) mass is 490 g/mol. The van der Waals surface area contributed by atoms with Crippen molar-refractivity contribution in [3.63, 3.8) is 0 Å². The van der Waals surface area contributed by atoms with E-state index >= 15 is 0 Å². The van der Waals surface area contributed by atoms with Crippen LogP contribution >= 0.6 is 11.6 Å². The third kappa shape index (κ3) is 4.17. The summed E-state index contributed by atoms with van der Waals surface area (Å²) in [5.74, 6) is 1.57. The molecule has 1 aliphatic rings. The summed E-state index contributed by atoms with van der Waals surface area (Å²) in [4.78, 5) is 31.7. The Morgan fingerprint density at radius 1 is 1.17 bits per heavy atom. The number of hydrogen-bond acceptors (Lipinski definition) is 5. The molecule has 0 spiro atoms. The van der Waals surface area contributed by atoms with E-state index in [-0.39, 0.29) is 17.6 Å². The minimum atomic E-state index is -0.219. The van der Waals surface area contributed by atoms with Crippen molar-refractivity contribution in [2.75, 3.05) is 20.2 Å². The number of pyridine rings is 1. The van der Waals surface area contributed by atoms with Crippen molar-refractivity contribution < 1.29 is 14.3 Å². The van der Waals surface area contributed by atoms with Crippen LogP contribution in [0.4, 0.5) is 0 Å². The van der Waals surface area contributed by atoms with E-state index in [9.17, 15) is 9.59 Å². The van der Waals surface area contributed by atoms with Crippen LogP contribution < -0.4 is 15.2 Å². The fraction of sp³-hybridized carbons (Fsp3) is 0.192. The normalized spacial score (nSPS) is 15.4. The number of fused-ring (bicyclic) bond motifs is 1. The Hall–Kier alpha value is -4.04. The third-order valence-electron chi connectivity index (χ3n) is 6.13. The molecule has 1 saturated heterocycles. The molecule has 2 aromatic carbocycles. The summed E-state index contributed by atoms with van der Waals surface area (Å²) in [7, 11) is 1.59. The van der Waals surface area contributed by atoms with Crippen molar-refractivity contribution in [3.05, 3.63) is 89.1 Å². The lowest BCUT2D eigenvalue weighted by Crippen LogP contribution is -2.31. The number of rotatable bonds is 6. The number of carbonyl (C=O) groups excluding carboxylic acids is 1. The molecule has 0 aliphatic carbocycles. The largest absolute Gasteiger partial charge is 0.497 e. The number of benzene rings is 2. The molecule has 0 saturated carbocycles. The molecule has 9 heteroatoms. The van der Waals surface area contributed by atoms with Crippen LogP contribution in [0.25, 0.3) is 16.7 Å². The van der Waals surface area contributed by atoms with E-state index in [0.29, 0.717) is 53.0 Å². The number of likely N-dealkylation sites (tertiary alicyclic amines) is 1. The van der Waals surface area contributed by atoms with Crippen molar-refractivity contribution in [3.8, 4) is 22.9 Å². The maximum Gasteiger partial charge on any atom is 0.334 e. The molecular weight excluding hydrogens is 468 g/mol. The van der Waals surface area contributed by atoms with Gasteiger partial charge in [0.1, 0.15) is 17.2 Å². The molecule has 178 valence electrons. The van der Waals surface area contributed by atoms with Gasteiger partial charge < -0.3 is 14.4 Å². The van der Waals surface area contributed by atoms with E-state index in [0.717, 1.165) is 5.52 Å². The summed E-state index contributed by atoms with van der Waals surface area (Å²) in [6.07, 6.45) is 5.29. The molecule has 35 heavy (non-hydrogen) atoms. The van der Waals surface area contributed by atoms with Gasteiger partial charge in [-0.1, -0.05) is 24.2 Å². The first-order chi connectivity index (χ1) is 17.0. The number of imidazole rings is 1. The van der Waals surface area contributed by atoms with Crippen LogP contribution in [-0.2, 0) is 4.79 Å². The van der Waals surface area contributed by atoms with Crippen molar-refractivity contribution in [1.82, 2.24) is 19.0 Å². The molecule has 0 unspecified atom stereocenters. The van der Waals surface area contributed by atoms with Crippen LogP contribution in [0.2, 0.25) is 5.02 Å². The van der Waals surface area contributed by atoms with Gasteiger partial charge in [0.05, 0.1) is 41.1 Å². The molecule has 3 heterocycles. The average molecular weight is 491 g/mol. The van der Waals surface area contributed by atoms with Gasteiger partial charge in [0.25, 0.3) is 0 Å². The number of ether oxygens (including phenoxy) is 2. The van der Waals surface area contributed by atoms with Gasteiger partial charge in [0.15, 0.2) is 0 Å². The first kappa shape index (κ1) is 22.7. The van der Waals surface area contributed by atoms with Gasteiger partial charge in [-0.3, -0.25) is 18.9 Å². The molecule has 1 atom stereocenters. The average Bonchev–Trinajstić information content (AvgIpc) is 3.47. The summed E-state index contributed by atoms with van der Waals surface area (Å²) >= 11 is 6.56. The summed E-state index contributed by atoms with van der Waals surface area (Å²) in [6, 6.07) is 14.1. The Kier molecular flexibility index (Phi) is 6.05. The van der Waals surface area contributed by atoms with Gasteiger partial charge in [-0.25, -0.2) is 4.79 Å². The SMILES string of the molecule is C=CC(=O)N1CC[C@@H](n2c(=O)n(-c3ccc(Oc4cccc(OC)c4)c(Cl)c3)c3cnccc32)C1. The molecule has 0 N–H and O–H groups in total. The van der Waals surface area contributed by atoms with Crippen molar-refractivity contribution in [1.29, 1.82) is 0 Å². The number of carbonyl (C=O) groups is 1. The summed E-state index contributed by atoms with van der Waals surface area (Å²) in [6.45, 7) is 4.58. The Morgan fingerprint density at radius 2 is 2.00 bits per heavy atom. The van der Waals surface area contributed by atoms with Gasteiger partial charge in [-0.2, -0.15) is 0 Å². The van der Waals surface area contributed by atoms with Crippen LogP contribution in [0, 0.1) is 0 Å². The van der Waals surface area contributed by atoms with E-state index in [4.69, 9.17) is 21.1 Å². The quantitative estimate of drug-likeness (QED) is 0.369. The smallest absolute Gasteiger partial charge is 0.334 e. The molecule has 2 aromatic heterocycles. The number of methoxy groups -OCH3 is 1. The predicted octanol–water partition coefficient (Wildman–Crippen LogP) is 4.60. The molecule has 0 radical (unpaired) electrons. The highest BCUT2D eigenvalue weighted by molar-refractivity contribution is 6.32. The lowest BCUT2D eigenvalue weighted by Gasteiger charge is -2.15. The molecule has 1 amide bonds. The maximum atomic E-state index is 13.7. The van der Waals surface area contributed by atoms with E-state index in [1.54, 1.807) is 63.9 Å². The summed E-state index contributed by atoms with van der Waals surface area (Å²) in [5, 5.41) is 0.352. The number of aromatic nitrogens is 3. The predicted molar refractivity (Wildman–Crippen MR) is 134 cm³/mol. The van der Waals surface area contributed by atoms with E-state index in [2.05, 4.69) is 11.6 Å². The highest BCUT2D eigenvalue weighted by atomic mass is 35.5. The second-order valence-corrected chi connectivity index (χ2v) is 8.59. The van der Waals surface area contributed by atoms with Crippen LogP contribution in [-0.4, -0.2) is 45.1 Å². The number of halogens is 1. The zero-order valence-corrected chi connectivity index (χ0v) is 19.8. The fourth-order valence-corrected chi connectivity index (χ4v) is 4.67. The van der Waals surface area contributed by atoms with Crippen LogP contribution in [0.15, 0.2) is 78.4 Å². The lowest BCUT2D eigenvalue weighted by molar-refractivity contribution is -0.125. The van der Waals surface area contributed by atoms with Gasteiger partial charge in [0, 0.05) is 25.4 Å². The molecule has 8 nitrogen and oxygen atoms in total. The zero-order chi connectivity index (χ0) is 24.5. The Balaban J connectivity index is 1.52. The molecular formula is C26H23ClN4O4. The van der Waals surface area contributed by atoms with E-state index in [1.165, 1.54) is 6.08 Å². The first-order valence-electron chi connectivity index (χ1n) is 11.1. The van der Waals surface area contributed by atoms with Gasteiger partial charge in [0.2, 0.25) is 5.91 Å². The zero-order valence-electron chi connectivity index (χ0n) is 19.1. The van der Waals surface area contributed by atoms with Gasteiger partial charge in [-0.15, -0.1) is 0 Å². The van der Waals surface area contributed by atoms with Crippen molar-refractivity contribution >= 4 is 28.5 Å². The molecule has 1 aliphatic heterocycles. The minimum absolute atomic E-state index is 0.135. The van der Waals surface area contributed by atoms with Gasteiger partial charge in [-0.05, 0) is 48.9 Å². The topological polar surface area (TPSA) is 78.6 Å². The number of hydrogen-bond donors (Lipinski definition) is 0. The molecule has 0 bridgehead atoms. The second kappa shape index (κ2) is 9.31. The highest BCUT2D eigenvalue weighted by Crippen LogP contribution is 2.33. The Morgan fingerprint density at radius 3 is 2.77 bits per heavy atom. The fourth-order valence-electron chi connectivity index (χ4n) is 4.46. The second-order valence-electron chi connectivity index (χ2n) is 8.18. The standard InChI is InChI=1S/C26H23ClN4O4/c1-3-25(32)29-12-10-18(16-29)31-22-9-11-28-15-23(22)30(26(31)33)17-7-8-24(21(27)13-17)35-20-6-4-5-19(14-20)34-2/h3-9,11,13-15,18H,1,10,12,16H2,2H3/t18-/m1/s1. The van der Waals surface area contributed by atoms with Crippen LogP contribution in [0.1, 0.15) is 12.5 Å².